The van der Waals surface area contributed by atoms with Crippen LogP contribution in [0, 0.1) is 13.8 Å². The van der Waals surface area contributed by atoms with Gasteiger partial charge in [-0.1, -0.05) is 23.8 Å². The van der Waals surface area contributed by atoms with E-state index in [9.17, 15) is 8.42 Å². The number of benzene rings is 1. The lowest BCUT2D eigenvalue weighted by Gasteiger charge is -2.17. The van der Waals surface area contributed by atoms with Gasteiger partial charge in [-0.3, -0.25) is 0 Å². The molecule has 0 fully saturated rings. The molecule has 16 heavy (non-hydrogen) atoms. The normalized spacial score (nSPS) is 12.1. The molecule has 0 N–H and O–H groups in total. The summed E-state index contributed by atoms with van der Waals surface area (Å²) in [7, 11) is -1.47. The summed E-state index contributed by atoms with van der Waals surface area (Å²) in [5.41, 5.74) is 3.39. The fraction of sp³-hybridized carbons (Fsp3) is 0.500. The molecule has 0 bridgehead atoms. The largest absolute Gasteiger partial charge is 0.213 e. The zero-order chi connectivity index (χ0) is 12.3. The van der Waals surface area contributed by atoms with E-state index in [-0.39, 0.29) is 5.75 Å². The van der Waals surface area contributed by atoms with Crippen molar-refractivity contribution in [3.05, 3.63) is 34.9 Å². The first kappa shape index (κ1) is 13.2. The molecule has 0 aromatic heterocycles. The molecule has 0 amide bonds. The minimum Gasteiger partial charge on any atom is -0.212 e. The van der Waals surface area contributed by atoms with Gasteiger partial charge >= 0.3 is 0 Å². The van der Waals surface area contributed by atoms with E-state index in [0.29, 0.717) is 6.54 Å². The van der Waals surface area contributed by atoms with Gasteiger partial charge < -0.3 is 0 Å². The van der Waals surface area contributed by atoms with Gasteiger partial charge in [0, 0.05) is 13.6 Å². The SMILES string of the molecule is CCS(=O)(=O)N(C)Cc1ccc(C)cc1C. The maximum atomic E-state index is 11.6. The number of aryl methyl sites for hydroxylation is 2. The molecular formula is C12H19NO2S. The summed E-state index contributed by atoms with van der Waals surface area (Å²) in [6.45, 7) is 6.15. The van der Waals surface area contributed by atoms with Crippen molar-refractivity contribution in [2.24, 2.45) is 0 Å². The third-order valence-electron chi connectivity index (χ3n) is 2.73. The van der Waals surface area contributed by atoms with Crippen molar-refractivity contribution in [3.8, 4) is 0 Å². The molecule has 0 radical (unpaired) electrons. The fourth-order valence-corrected chi connectivity index (χ4v) is 2.36. The summed E-state index contributed by atoms with van der Waals surface area (Å²) in [5.74, 6) is 0.147. The first-order valence-corrected chi connectivity index (χ1v) is 6.98. The van der Waals surface area contributed by atoms with Crippen molar-refractivity contribution in [1.82, 2.24) is 4.31 Å². The van der Waals surface area contributed by atoms with Crippen LogP contribution in [0.3, 0.4) is 0 Å². The molecule has 0 aliphatic rings. The van der Waals surface area contributed by atoms with E-state index in [1.807, 2.05) is 26.0 Å². The quantitative estimate of drug-likeness (QED) is 0.809. The highest BCUT2D eigenvalue weighted by Crippen LogP contribution is 2.14. The van der Waals surface area contributed by atoms with Gasteiger partial charge in [0.05, 0.1) is 5.75 Å². The van der Waals surface area contributed by atoms with E-state index < -0.39 is 10.0 Å². The van der Waals surface area contributed by atoms with Gasteiger partial charge in [0.25, 0.3) is 0 Å². The van der Waals surface area contributed by atoms with Gasteiger partial charge in [0.15, 0.2) is 0 Å². The summed E-state index contributed by atoms with van der Waals surface area (Å²) in [6, 6.07) is 6.07. The van der Waals surface area contributed by atoms with Crippen LogP contribution >= 0.6 is 0 Å². The molecule has 0 heterocycles. The van der Waals surface area contributed by atoms with E-state index >= 15 is 0 Å². The maximum Gasteiger partial charge on any atom is 0.213 e. The number of hydrogen-bond acceptors (Lipinski definition) is 2. The highest BCUT2D eigenvalue weighted by atomic mass is 32.2. The monoisotopic (exact) mass is 241 g/mol. The first-order valence-electron chi connectivity index (χ1n) is 5.37. The Labute approximate surface area is 98.1 Å². The van der Waals surface area contributed by atoms with E-state index in [1.165, 1.54) is 9.87 Å². The minimum atomic E-state index is -3.09. The molecular weight excluding hydrogens is 222 g/mol. The Kier molecular flexibility index (Phi) is 4.10. The van der Waals surface area contributed by atoms with E-state index in [0.717, 1.165) is 11.1 Å². The molecule has 1 aromatic carbocycles. The Morgan fingerprint density at radius 1 is 1.25 bits per heavy atom. The van der Waals surface area contributed by atoms with Crippen LogP contribution in [0.2, 0.25) is 0 Å². The molecule has 4 heteroatoms. The topological polar surface area (TPSA) is 37.4 Å². The average molecular weight is 241 g/mol. The highest BCUT2D eigenvalue weighted by Gasteiger charge is 2.15. The van der Waals surface area contributed by atoms with Gasteiger partial charge in [0.1, 0.15) is 0 Å². The minimum absolute atomic E-state index is 0.147. The third kappa shape index (κ3) is 3.06. The van der Waals surface area contributed by atoms with Crippen molar-refractivity contribution < 1.29 is 8.42 Å². The zero-order valence-electron chi connectivity index (χ0n) is 10.3. The molecule has 0 saturated carbocycles. The van der Waals surface area contributed by atoms with Gasteiger partial charge in [-0.05, 0) is 31.9 Å². The van der Waals surface area contributed by atoms with Gasteiger partial charge in [-0.25, -0.2) is 12.7 Å². The summed E-state index contributed by atoms with van der Waals surface area (Å²) in [6.07, 6.45) is 0. The van der Waals surface area contributed by atoms with Crippen LogP contribution in [0.15, 0.2) is 18.2 Å². The van der Waals surface area contributed by atoms with Crippen LogP contribution in [0.4, 0.5) is 0 Å². The standard InChI is InChI=1S/C12H19NO2S/c1-5-16(14,15)13(4)9-12-7-6-10(2)8-11(12)3/h6-8H,5,9H2,1-4H3. The number of rotatable bonds is 4. The second-order valence-corrected chi connectivity index (χ2v) is 6.45. The highest BCUT2D eigenvalue weighted by molar-refractivity contribution is 7.89. The number of hydrogen-bond donors (Lipinski definition) is 0. The van der Waals surface area contributed by atoms with Gasteiger partial charge in [-0.15, -0.1) is 0 Å². The Balaban J connectivity index is 2.89. The molecule has 1 rings (SSSR count). The molecule has 90 valence electrons. The Morgan fingerprint density at radius 3 is 2.38 bits per heavy atom. The number of nitrogens with zero attached hydrogens (tertiary/aromatic N) is 1. The lowest BCUT2D eigenvalue weighted by Crippen LogP contribution is -2.28. The van der Waals surface area contributed by atoms with E-state index in [2.05, 4.69) is 6.07 Å². The Morgan fingerprint density at radius 2 is 1.88 bits per heavy atom. The van der Waals surface area contributed by atoms with Gasteiger partial charge in [0.2, 0.25) is 10.0 Å². The van der Waals surface area contributed by atoms with Crippen molar-refractivity contribution in [3.63, 3.8) is 0 Å². The Bertz CT molecular complexity index is 466. The van der Waals surface area contributed by atoms with Crippen LogP contribution < -0.4 is 0 Å². The molecule has 1 aromatic rings. The van der Waals surface area contributed by atoms with Crippen LogP contribution in [0.25, 0.3) is 0 Å². The average Bonchev–Trinajstić information content (AvgIpc) is 2.22. The predicted octanol–water partition coefficient (Wildman–Crippen LogP) is 2.08. The second-order valence-electron chi connectivity index (χ2n) is 4.09. The van der Waals surface area contributed by atoms with Crippen molar-refractivity contribution >= 4 is 10.0 Å². The predicted molar refractivity (Wildman–Crippen MR) is 66.8 cm³/mol. The second kappa shape index (κ2) is 4.97. The maximum absolute atomic E-state index is 11.6. The lowest BCUT2D eigenvalue weighted by molar-refractivity contribution is 0.467. The summed E-state index contributed by atoms with van der Waals surface area (Å²) in [5, 5.41) is 0. The van der Waals surface area contributed by atoms with Crippen molar-refractivity contribution in [2.45, 2.75) is 27.3 Å². The zero-order valence-corrected chi connectivity index (χ0v) is 11.1. The van der Waals surface area contributed by atoms with E-state index in [4.69, 9.17) is 0 Å². The molecule has 0 saturated heterocycles. The van der Waals surface area contributed by atoms with Crippen molar-refractivity contribution in [2.75, 3.05) is 12.8 Å². The summed E-state index contributed by atoms with van der Waals surface area (Å²) < 4.78 is 24.6. The van der Waals surface area contributed by atoms with Gasteiger partial charge in [-0.2, -0.15) is 0 Å². The van der Waals surface area contributed by atoms with Crippen LogP contribution in [-0.4, -0.2) is 25.5 Å². The molecule has 3 nitrogen and oxygen atoms in total. The molecule has 0 aliphatic heterocycles. The van der Waals surface area contributed by atoms with E-state index in [1.54, 1.807) is 14.0 Å². The smallest absolute Gasteiger partial charge is 0.212 e. The van der Waals surface area contributed by atoms with Crippen molar-refractivity contribution in [1.29, 1.82) is 0 Å². The molecule has 0 unspecified atom stereocenters. The lowest BCUT2D eigenvalue weighted by atomic mass is 10.1. The third-order valence-corrected chi connectivity index (χ3v) is 4.54. The molecule has 0 spiro atoms. The summed E-state index contributed by atoms with van der Waals surface area (Å²) in [4.78, 5) is 0. The molecule has 0 aliphatic carbocycles. The Hall–Kier alpha value is -0.870. The van der Waals surface area contributed by atoms with Crippen LogP contribution in [0.5, 0.6) is 0 Å². The summed E-state index contributed by atoms with van der Waals surface area (Å²) >= 11 is 0. The number of sulfonamides is 1. The fourth-order valence-electron chi connectivity index (χ4n) is 1.58. The molecule has 0 atom stereocenters. The van der Waals surface area contributed by atoms with Crippen LogP contribution in [-0.2, 0) is 16.6 Å². The van der Waals surface area contributed by atoms with Crippen LogP contribution in [0.1, 0.15) is 23.6 Å². The first-order chi connectivity index (χ1) is 7.36.